The number of amides is 3. The highest BCUT2D eigenvalue weighted by molar-refractivity contribution is 6.30. The number of H-pyrrole nitrogens is 1. The van der Waals surface area contributed by atoms with E-state index >= 15 is 0 Å². The second-order valence-corrected chi connectivity index (χ2v) is 10.5. The van der Waals surface area contributed by atoms with Gasteiger partial charge in [-0.3, -0.25) is 9.69 Å². The van der Waals surface area contributed by atoms with Crippen LogP contribution in [0.25, 0.3) is 0 Å². The molecule has 0 fully saturated rings. The highest BCUT2D eigenvalue weighted by atomic mass is 35.5. The van der Waals surface area contributed by atoms with Crippen LogP contribution < -0.4 is 10.2 Å². The molecule has 40 heavy (non-hydrogen) atoms. The van der Waals surface area contributed by atoms with Crippen molar-refractivity contribution in [2.24, 2.45) is 0 Å². The molecule has 1 unspecified atom stereocenters. The molecule has 0 saturated heterocycles. The van der Waals surface area contributed by atoms with E-state index in [2.05, 4.69) is 35.2 Å². The molecule has 0 spiro atoms. The Balaban J connectivity index is 1.47. The molecule has 2 heterocycles. The Hall–Kier alpha value is -4.10. The first kappa shape index (κ1) is 27.5. The van der Waals surface area contributed by atoms with Crippen LogP contribution in [0.3, 0.4) is 0 Å². The van der Waals surface area contributed by atoms with Crippen molar-refractivity contribution in [2.45, 2.75) is 45.6 Å². The Morgan fingerprint density at radius 3 is 2.62 bits per heavy atom. The summed E-state index contributed by atoms with van der Waals surface area (Å²) in [5, 5.41) is 3.70. The molecule has 3 amide bonds. The summed E-state index contributed by atoms with van der Waals surface area (Å²) >= 11 is 6.47. The molecule has 5 rings (SSSR count). The number of anilines is 2. The van der Waals surface area contributed by atoms with Crippen LogP contribution in [0.4, 0.5) is 16.2 Å². The molecule has 8 heteroatoms. The summed E-state index contributed by atoms with van der Waals surface area (Å²) < 4.78 is 0. The van der Waals surface area contributed by atoms with Gasteiger partial charge in [-0.1, -0.05) is 74.3 Å². The van der Waals surface area contributed by atoms with Crippen molar-refractivity contribution in [1.29, 1.82) is 0 Å². The van der Waals surface area contributed by atoms with Crippen molar-refractivity contribution >= 4 is 34.9 Å². The summed E-state index contributed by atoms with van der Waals surface area (Å²) in [5.74, 6) is 0.607. The summed E-state index contributed by atoms with van der Waals surface area (Å²) in [6, 6.07) is 20.9. The molecule has 3 aromatic carbocycles. The first-order valence-electron chi connectivity index (χ1n) is 13.8. The highest BCUT2D eigenvalue weighted by Gasteiger charge is 2.39. The maximum Gasteiger partial charge on any atom is 0.325 e. The maximum atomic E-state index is 14.0. The second-order valence-electron chi connectivity index (χ2n) is 10.0. The van der Waals surface area contributed by atoms with Gasteiger partial charge in [0.05, 0.1) is 11.7 Å². The summed E-state index contributed by atoms with van der Waals surface area (Å²) in [4.78, 5) is 38.6. The fourth-order valence-corrected chi connectivity index (χ4v) is 5.48. The molecule has 4 aromatic rings. The molecule has 0 saturated carbocycles. The first-order chi connectivity index (χ1) is 19.5. The average Bonchev–Trinajstić information content (AvgIpc) is 3.47. The number of aromatic amines is 1. The SMILES string of the molecule is CCCCN1C(=O)N(CC(=O)Nc2cc(Cc3ncc[nH]3)ccc2CC)C(c2ccccc2)c2cc(Cl)ccc21. The van der Waals surface area contributed by atoms with Crippen molar-refractivity contribution in [3.63, 3.8) is 0 Å². The predicted octanol–water partition coefficient (Wildman–Crippen LogP) is 6.99. The molecule has 1 aliphatic rings. The Morgan fingerprint density at radius 2 is 1.90 bits per heavy atom. The van der Waals surface area contributed by atoms with Crippen molar-refractivity contribution in [2.75, 3.05) is 23.3 Å². The molecular weight excluding hydrogens is 522 g/mol. The molecule has 7 nitrogen and oxygen atoms in total. The van der Waals surface area contributed by atoms with Gasteiger partial charge < -0.3 is 15.2 Å². The van der Waals surface area contributed by atoms with Crippen molar-refractivity contribution < 1.29 is 9.59 Å². The number of hydrogen-bond donors (Lipinski definition) is 2. The number of nitrogens with zero attached hydrogens (tertiary/aromatic N) is 3. The highest BCUT2D eigenvalue weighted by Crippen LogP contribution is 2.42. The first-order valence-corrected chi connectivity index (χ1v) is 14.2. The van der Waals surface area contributed by atoms with E-state index in [1.807, 2.05) is 60.7 Å². The number of unbranched alkanes of at least 4 members (excludes halogenated alkanes) is 1. The molecule has 2 N–H and O–H groups in total. The number of imidazole rings is 1. The van der Waals surface area contributed by atoms with Crippen LogP contribution in [0.2, 0.25) is 5.02 Å². The van der Waals surface area contributed by atoms with Gasteiger partial charge in [0.25, 0.3) is 0 Å². The zero-order valence-corrected chi connectivity index (χ0v) is 23.6. The van der Waals surface area contributed by atoms with Crippen LogP contribution in [0.15, 0.2) is 79.1 Å². The number of nitrogens with one attached hydrogen (secondary N) is 2. The second kappa shape index (κ2) is 12.4. The van der Waals surface area contributed by atoms with Gasteiger partial charge >= 0.3 is 6.03 Å². The molecule has 0 radical (unpaired) electrons. The quantitative estimate of drug-likeness (QED) is 0.221. The van der Waals surface area contributed by atoms with Crippen LogP contribution in [0, 0.1) is 0 Å². The van der Waals surface area contributed by atoms with Crippen LogP contribution >= 0.6 is 11.6 Å². The standard InChI is InChI=1S/C32H34ClN5O2/c1-3-5-17-37-28-14-13-25(33)20-26(28)31(24-9-7-6-8-10-24)38(32(37)40)21-30(39)36-27-18-22(11-12-23(27)4-2)19-29-34-15-16-35-29/h6-16,18,20,31H,3-5,17,19,21H2,1-2H3,(H,34,35)(H,36,39). The monoisotopic (exact) mass is 555 g/mol. The molecule has 1 aliphatic heterocycles. The van der Waals surface area contributed by atoms with Crippen LogP contribution in [-0.4, -0.2) is 39.9 Å². The molecule has 1 atom stereocenters. The normalized spacial score (nSPS) is 14.8. The number of carbonyl (C=O) groups is 2. The lowest BCUT2D eigenvalue weighted by Gasteiger charge is -2.43. The number of carbonyl (C=O) groups excluding carboxylic acids is 2. The minimum atomic E-state index is -0.443. The Morgan fingerprint density at radius 1 is 1.07 bits per heavy atom. The smallest absolute Gasteiger partial charge is 0.325 e. The Kier molecular flexibility index (Phi) is 8.51. The fourth-order valence-electron chi connectivity index (χ4n) is 5.30. The number of benzene rings is 3. The number of rotatable bonds is 10. The van der Waals surface area contributed by atoms with E-state index < -0.39 is 6.04 Å². The largest absolute Gasteiger partial charge is 0.348 e. The molecule has 206 valence electrons. The van der Waals surface area contributed by atoms with Gasteiger partial charge in [0.15, 0.2) is 0 Å². The van der Waals surface area contributed by atoms with Gasteiger partial charge in [-0.05, 0) is 53.8 Å². The summed E-state index contributed by atoms with van der Waals surface area (Å²) in [5.41, 5.74) is 5.50. The van der Waals surface area contributed by atoms with E-state index in [1.165, 1.54) is 0 Å². The zero-order chi connectivity index (χ0) is 28.1. The van der Waals surface area contributed by atoms with Crippen molar-refractivity contribution in [3.8, 4) is 0 Å². The molecule has 0 bridgehead atoms. The third-order valence-corrected chi connectivity index (χ3v) is 7.52. The molecular formula is C32H34ClN5O2. The Labute approximate surface area is 240 Å². The number of urea groups is 1. The lowest BCUT2D eigenvalue weighted by molar-refractivity contribution is -0.117. The van der Waals surface area contributed by atoms with E-state index in [0.717, 1.165) is 58.7 Å². The Bertz CT molecular complexity index is 1470. The lowest BCUT2D eigenvalue weighted by atomic mass is 9.93. The van der Waals surface area contributed by atoms with Gasteiger partial charge in [-0.25, -0.2) is 9.78 Å². The van der Waals surface area contributed by atoms with E-state index in [-0.39, 0.29) is 18.5 Å². The number of halogens is 1. The summed E-state index contributed by atoms with van der Waals surface area (Å²) in [6.45, 7) is 4.63. The number of aromatic nitrogens is 2. The average molecular weight is 556 g/mol. The van der Waals surface area contributed by atoms with E-state index in [4.69, 9.17) is 11.6 Å². The topological polar surface area (TPSA) is 81.3 Å². The minimum Gasteiger partial charge on any atom is -0.348 e. The lowest BCUT2D eigenvalue weighted by Crippen LogP contribution is -2.52. The van der Waals surface area contributed by atoms with Crippen LogP contribution in [0.1, 0.15) is 60.8 Å². The predicted molar refractivity (Wildman–Crippen MR) is 160 cm³/mol. The van der Waals surface area contributed by atoms with Gasteiger partial charge in [0, 0.05) is 41.6 Å². The molecule has 0 aliphatic carbocycles. The minimum absolute atomic E-state index is 0.0987. The van der Waals surface area contributed by atoms with Crippen LogP contribution in [-0.2, 0) is 17.6 Å². The van der Waals surface area contributed by atoms with E-state index in [0.29, 0.717) is 18.0 Å². The van der Waals surface area contributed by atoms with Crippen LogP contribution in [0.5, 0.6) is 0 Å². The summed E-state index contributed by atoms with van der Waals surface area (Å²) in [7, 11) is 0. The van der Waals surface area contributed by atoms with Gasteiger partial charge in [-0.15, -0.1) is 0 Å². The van der Waals surface area contributed by atoms with Gasteiger partial charge in [-0.2, -0.15) is 0 Å². The third kappa shape index (κ3) is 5.89. The fraction of sp³-hybridized carbons (Fsp3) is 0.281. The number of hydrogen-bond acceptors (Lipinski definition) is 3. The van der Waals surface area contributed by atoms with E-state index in [9.17, 15) is 9.59 Å². The number of fused-ring (bicyclic) bond motifs is 1. The number of aryl methyl sites for hydroxylation is 1. The third-order valence-electron chi connectivity index (χ3n) is 7.28. The maximum absolute atomic E-state index is 14.0. The zero-order valence-electron chi connectivity index (χ0n) is 22.9. The van der Waals surface area contributed by atoms with Gasteiger partial charge in [0.1, 0.15) is 12.4 Å². The van der Waals surface area contributed by atoms with Crippen molar-refractivity contribution in [1.82, 2.24) is 14.9 Å². The van der Waals surface area contributed by atoms with E-state index in [1.54, 1.807) is 22.2 Å². The van der Waals surface area contributed by atoms with Crippen molar-refractivity contribution in [3.05, 3.63) is 112 Å². The molecule has 1 aromatic heterocycles. The summed E-state index contributed by atoms with van der Waals surface area (Å²) in [6.07, 6.45) is 6.72. The van der Waals surface area contributed by atoms with Gasteiger partial charge in [0.2, 0.25) is 5.91 Å².